The predicted molar refractivity (Wildman–Crippen MR) is 78.8 cm³/mol. The van der Waals surface area contributed by atoms with Crippen LogP contribution < -0.4 is 4.90 Å². The zero-order chi connectivity index (χ0) is 14.7. The third-order valence-corrected chi connectivity index (χ3v) is 4.61. The highest BCUT2D eigenvalue weighted by Crippen LogP contribution is 2.39. The number of amides is 1. The number of carbonyl (C=O) groups is 1. The molecule has 1 N–H and O–H groups in total. The minimum Gasteiger partial charge on any atom is -0.395 e. The third kappa shape index (κ3) is 3.00. The summed E-state index contributed by atoms with van der Waals surface area (Å²) in [5, 5.41) is 9.13. The molecule has 2 aliphatic heterocycles. The summed E-state index contributed by atoms with van der Waals surface area (Å²) in [4.78, 5) is 24.7. The fourth-order valence-corrected chi connectivity index (χ4v) is 3.59. The summed E-state index contributed by atoms with van der Waals surface area (Å²) >= 11 is 0. The highest BCUT2D eigenvalue weighted by Gasteiger charge is 2.42. The molecule has 3 heterocycles. The standard InChI is InChI=1S/C15H22N4O2/c20-10-9-18-11-15(5-3-13(18)21)4-1-8-19(12-15)14-16-6-2-7-17-14/h2,6-7,20H,1,3-5,8-12H2/t15-/m0/s1. The Morgan fingerprint density at radius 1 is 1.24 bits per heavy atom. The van der Waals surface area contributed by atoms with E-state index in [2.05, 4.69) is 14.9 Å². The molecule has 0 aliphatic carbocycles. The largest absolute Gasteiger partial charge is 0.395 e. The number of hydrogen-bond acceptors (Lipinski definition) is 5. The van der Waals surface area contributed by atoms with E-state index in [1.54, 1.807) is 12.4 Å². The number of piperidine rings is 2. The van der Waals surface area contributed by atoms with Gasteiger partial charge in [-0.2, -0.15) is 0 Å². The van der Waals surface area contributed by atoms with Gasteiger partial charge in [0, 0.05) is 50.4 Å². The maximum absolute atomic E-state index is 11.9. The topological polar surface area (TPSA) is 69.6 Å². The van der Waals surface area contributed by atoms with Crippen LogP contribution in [0.25, 0.3) is 0 Å². The van der Waals surface area contributed by atoms with Crippen LogP contribution in [0.1, 0.15) is 25.7 Å². The molecular formula is C15H22N4O2. The average molecular weight is 290 g/mol. The third-order valence-electron chi connectivity index (χ3n) is 4.61. The van der Waals surface area contributed by atoms with Crippen molar-refractivity contribution in [2.24, 2.45) is 5.41 Å². The molecule has 0 saturated carbocycles. The summed E-state index contributed by atoms with van der Waals surface area (Å²) in [6.07, 6.45) is 7.28. The van der Waals surface area contributed by atoms with Crippen LogP contribution in [-0.4, -0.2) is 58.7 Å². The Morgan fingerprint density at radius 2 is 2.05 bits per heavy atom. The van der Waals surface area contributed by atoms with Gasteiger partial charge in [0.15, 0.2) is 0 Å². The summed E-state index contributed by atoms with van der Waals surface area (Å²) in [6, 6.07) is 1.82. The highest BCUT2D eigenvalue weighted by molar-refractivity contribution is 5.77. The van der Waals surface area contributed by atoms with Gasteiger partial charge in [-0.25, -0.2) is 9.97 Å². The Balaban J connectivity index is 1.74. The number of likely N-dealkylation sites (tertiary alicyclic amines) is 1. The van der Waals surface area contributed by atoms with Crippen molar-refractivity contribution in [3.63, 3.8) is 0 Å². The number of anilines is 1. The number of aliphatic hydroxyl groups is 1. The van der Waals surface area contributed by atoms with E-state index in [0.717, 1.165) is 44.8 Å². The molecule has 1 amide bonds. The first-order valence-corrected chi connectivity index (χ1v) is 7.63. The number of rotatable bonds is 3. The molecule has 0 bridgehead atoms. The van der Waals surface area contributed by atoms with Crippen molar-refractivity contribution in [1.82, 2.24) is 14.9 Å². The second-order valence-corrected chi connectivity index (χ2v) is 6.11. The van der Waals surface area contributed by atoms with Crippen LogP contribution >= 0.6 is 0 Å². The van der Waals surface area contributed by atoms with Crippen LogP contribution in [0, 0.1) is 5.41 Å². The first kappa shape index (κ1) is 14.3. The van der Waals surface area contributed by atoms with Crippen molar-refractivity contribution in [2.45, 2.75) is 25.7 Å². The Bertz CT molecular complexity index is 496. The first-order chi connectivity index (χ1) is 10.2. The van der Waals surface area contributed by atoms with Crippen molar-refractivity contribution in [1.29, 1.82) is 0 Å². The molecule has 0 aromatic carbocycles. The van der Waals surface area contributed by atoms with Gasteiger partial charge in [0.05, 0.1) is 6.61 Å². The van der Waals surface area contributed by atoms with E-state index in [0.29, 0.717) is 13.0 Å². The van der Waals surface area contributed by atoms with Gasteiger partial charge < -0.3 is 14.9 Å². The lowest BCUT2D eigenvalue weighted by Crippen LogP contribution is -2.54. The van der Waals surface area contributed by atoms with E-state index in [-0.39, 0.29) is 17.9 Å². The van der Waals surface area contributed by atoms with E-state index < -0.39 is 0 Å². The number of β-amino-alcohol motifs (C(OH)–C–C–N with tert-alkyl or cyclic N) is 1. The van der Waals surface area contributed by atoms with Crippen molar-refractivity contribution >= 4 is 11.9 Å². The number of hydrogen-bond donors (Lipinski definition) is 1. The van der Waals surface area contributed by atoms with Gasteiger partial charge in [0.25, 0.3) is 0 Å². The molecule has 21 heavy (non-hydrogen) atoms. The highest BCUT2D eigenvalue weighted by atomic mass is 16.3. The van der Waals surface area contributed by atoms with Crippen molar-refractivity contribution in [3.05, 3.63) is 18.5 Å². The average Bonchev–Trinajstić information content (AvgIpc) is 2.53. The van der Waals surface area contributed by atoms with E-state index in [4.69, 9.17) is 5.11 Å². The Kier molecular flexibility index (Phi) is 4.05. The van der Waals surface area contributed by atoms with Gasteiger partial charge in [0.2, 0.25) is 11.9 Å². The zero-order valence-corrected chi connectivity index (χ0v) is 12.2. The van der Waals surface area contributed by atoms with Crippen LogP contribution in [0.2, 0.25) is 0 Å². The van der Waals surface area contributed by atoms with Crippen LogP contribution in [0.15, 0.2) is 18.5 Å². The van der Waals surface area contributed by atoms with E-state index in [9.17, 15) is 4.79 Å². The zero-order valence-electron chi connectivity index (χ0n) is 12.2. The maximum Gasteiger partial charge on any atom is 0.225 e. The molecule has 1 aromatic heterocycles. The minimum atomic E-state index is 0.0351. The van der Waals surface area contributed by atoms with Gasteiger partial charge >= 0.3 is 0 Å². The van der Waals surface area contributed by atoms with Crippen LogP contribution in [0.3, 0.4) is 0 Å². The summed E-state index contributed by atoms with van der Waals surface area (Å²) in [5.41, 5.74) is 0.126. The van der Waals surface area contributed by atoms with E-state index in [1.807, 2.05) is 11.0 Å². The molecule has 2 fully saturated rings. The van der Waals surface area contributed by atoms with Crippen LogP contribution in [0.5, 0.6) is 0 Å². The number of nitrogens with zero attached hydrogens (tertiary/aromatic N) is 4. The van der Waals surface area contributed by atoms with Crippen molar-refractivity contribution in [2.75, 3.05) is 37.7 Å². The molecule has 2 saturated heterocycles. The molecule has 2 aliphatic rings. The molecule has 0 radical (unpaired) electrons. The summed E-state index contributed by atoms with van der Waals surface area (Å²) in [6.45, 7) is 3.09. The van der Waals surface area contributed by atoms with Gasteiger partial charge in [0.1, 0.15) is 0 Å². The predicted octanol–water partition coefficient (Wildman–Crippen LogP) is 0.678. The molecule has 1 spiro atoms. The van der Waals surface area contributed by atoms with Crippen molar-refractivity contribution in [3.8, 4) is 0 Å². The van der Waals surface area contributed by atoms with Gasteiger partial charge in [-0.1, -0.05) is 0 Å². The monoisotopic (exact) mass is 290 g/mol. The number of carbonyl (C=O) groups excluding carboxylic acids is 1. The molecular weight excluding hydrogens is 268 g/mol. The number of aliphatic hydroxyl groups excluding tert-OH is 1. The van der Waals surface area contributed by atoms with E-state index in [1.165, 1.54) is 0 Å². The summed E-state index contributed by atoms with van der Waals surface area (Å²) in [7, 11) is 0. The quantitative estimate of drug-likeness (QED) is 0.886. The van der Waals surface area contributed by atoms with Crippen LogP contribution in [0.4, 0.5) is 5.95 Å². The first-order valence-electron chi connectivity index (χ1n) is 7.63. The van der Waals surface area contributed by atoms with Crippen molar-refractivity contribution < 1.29 is 9.90 Å². The molecule has 6 nitrogen and oxygen atoms in total. The number of aromatic nitrogens is 2. The Morgan fingerprint density at radius 3 is 2.81 bits per heavy atom. The molecule has 1 aromatic rings. The normalized spacial score (nSPS) is 26.4. The maximum atomic E-state index is 11.9. The van der Waals surface area contributed by atoms with Crippen LogP contribution in [-0.2, 0) is 4.79 Å². The Hall–Kier alpha value is -1.69. The SMILES string of the molecule is O=C1CC[C@@]2(CCCN(c3ncccn3)C2)CN1CCO. The second kappa shape index (κ2) is 5.97. The molecule has 6 heteroatoms. The summed E-state index contributed by atoms with van der Waals surface area (Å²) < 4.78 is 0. The molecule has 0 unspecified atom stereocenters. The molecule has 1 atom stereocenters. The molecule has 3 rings (SSSR count). The lowest BCUT2D eigenvalue weighted by molar-refractivity contribution is -0.138. The second-order valence-electron chi connectivity index (χ2n) is 6.11. The lowest BCUT2D eigenvalue weighted by atomic mass is 9.73. The van der Waals surface area contributed by atoms with Gasteiger partial charge in [-0.15, -0.1) is 0 Å². The fourth-order valence-electron chi connectivity index (χ4n) is 3.59. The molecule has 114 valence electrons. The van der Waals surface area contributed by atoms with Gasteiger partial charge in [-0.05, 0) is 25.3 Å². The fraction of sp³-hybridized carbons (Fsp3) is 0.667. The Labute approximate surface area is 124 Å². The lowest BCUT2D eigenvalue weighted by Gasteiger charge is -2.48. The van der Waals surface area contributed by atoms with E-state index >= 15 is 0 Å². The van der Waals surface area contributed by atoms with Gasteiger partial charge in [-0.3, -0.25) is 4.79 Å². The smallest absolute Gasteiger partial charge is 0.225 e. The summed E-state index contributed by atoms with van der Waals surface area (Å²) in [5.74, 6) is 0.949. The minimum absolute atomic E-state index is 0.0351.